The molecular formula is C19H35N5. The van der Waals surface area contributed by atoms with Gasteiger partial charge in [-0.15, -0.1) is 0 Å². The van der Waals surface area contributed by atoms with Crippen LogP contribution in [-0.2, 0) is 13.5 Å². The monoisotopic (exact) mass is 333 g/mol. The zero-order valence-corrected chi connectivity index (χ0v) is 16.0. The lowest BCUT2D eigenvalue weighted by Gasteiger charge is -2.21. The minimum Gasteiger partial charge on any atom is -0.357 e. The zero-order chi connectivity index (χ0) is 17.4. The zero-order valence-electron chi connectivity index (χ0n) is 16.0. The van der Waals surface area contributed by atoms with Crippen LogP contribution < -0.4 is 5.32 Å². The predicted octanol–water partition coefficient (Wildman–Crippen LogP) is 3.08. The minimum absolute atomic E-state index is 0.707. The van der Waals surface area contributed by atoms with Gasteiger partial charge < -0.3 is 10.2 Å². The van der Waals surface area contributed by atoms with Crippen LogP contribution >= 0.6 is 0 Å². The highest BCUT2D eigenvalue weighted by atomic mass is 15.3. The molecule has 1 aliphatic rings. The topological polar surface area (TPSA) is 45.5 Å². The van der Waals surface area contributed by atoms with Gasteiger partial charge in [-0.1, -0.05) is 26.7 Å². The van der Waals surface area contributed by atoms with E-state index in [2.05, 4.69) is 42.3 Å². The molecule has 0 saturated carbocycles. The summed E-state index contributed by atoms with van der Waals surface area (Å²) < 4.78 is 1.89. The number of nitrogens with one attached hydrogen (secondary N) is 1. The van der Waals surface area contributed by atoms with Crippen LogP contribution in [0.3, 0.4) is 0 Å². The van der Waals surface area contributed by atoms with Gasteiger partial charge in [-0.3, -0.25) is 9.67 Å². The first kappa shape index (κ1) is 18.8. The van der Waals surface area contributed by atoms with Gasteiger partial charge in [0.05, 0.1) is 6.20 Å². The average molecular weight is 334 g/mol. The number of aryl methyl sites for hydroxylation is 1. The van der Waals surface area contributed by atoms with E-state index < -0.39 is 0 Å². The summed E-state index contributed by atoms with van der Waals surface area (Å²) in [5.74, 6) is 2.61. The number of nitrogens with zero attached hydrogens (tertiary/aromatic N) is 4. The van der Waals surface area contributed by atoms with E-state index in [0.29, 0.717) is 5.92 Å². The number of hydrogen-bond acceptors (Lipinski definition) is 2. The number of aromatic nitrogens is 2. The van der Waals surface area contributed by atoms with Gasteiger partial charge in [0.1, 0.15) is 0 Å². The number of hydrogen-bond donors (Lipinski definition) is 1. The molecule has 24 heavy (non-hydrogen) atoms. The molecule has 2 rings (SSSR count). The quantitative estimate of drug-likeness (QED) is 0.452. The van der Waals surface area contributed by atoms with Gasteiger partial charge in [-0.05, 0) is 43.6 Å². The van der Waals surface area contributed by atoms with Crippen molar-refractivity contribution in [3.05, 3.63) is 18.0 Å². The van der Waals surface area contributed by atoms with Crippen molar-refractivity contribution < 1.29 is 0 Å². The molecule has 0 aliphatic carbocycles. The van der Waals surface area contributed by atoms with E-state index in [-0.39, 0.29) is 0 Å². The van der Waals surface area contributed by atoms with Crippen molar-refractivity contribution in [1.29, 1.82) is 0 Å². The van der Waals surface area contributed by atoms with Crippen molar-refractivity contribution in [3.63, 3.8) is 0 Å². The number of rotatable bonds is 8. The Kier molecular flexibility index (Phi) is 7.60. The fourth-order valence-electron chi connectivity index (χ4n) is 3.38. The molecule has 1 aliphatic heterocycles. The van der Waals surface area contributed by atoms with Crippen LogP contribution in [-0.4, -0.2) is 46.8 Å². The Balaban J connectivity index is 1.80. The maximum absolute atomic E-state index is 4.85. The Labute approximate surface area is 147 Å². The van der Waals surface area contributed by atoms with E-state index in [9.17, 15) is 0 Å². The predicted molar refractivity (Wildman–Crippen MR) is 101 cm³/mol. The van der Waals surface area contributed by atoms with Crippen LogP contribution in [0.25, 0.3) is 0 Å². The molecule has 5 heteroatoms. The summed E-state index contributed by atoms with van der Waals surface area (Å²) in [6.07, 6.45) is 10.3. The highest BCUT2D eigenvalue weighted by molar-refractivity contribution is 5.80. The average Bonchev–Trinajstić information content (AvgIpc) is 3.15. The SMILES string of the molecule is CCNC(=NCCCCC(C)C)N1CCC(Cc2cnn(C)c2)C1. The molecule has 0 bridgehead atoms. The fraction of sp³-hybridized carbons (Fsp3) is 0.789. The van der Waals surface area contributed by atoms with Crippen LogP contribution in [0.5, 0.6) is 0 Å². The highest BCUT2D eigenvalue weighted by Crippen LogP contribution is 2.20. The Morgan fingerprint density at radius 3 is 2.92 bits per heavy atom. The Morgan fingerprint density at radius 1 is 1.42 bits per heavy atom. The van der Waals surface area contributed by atoms with Crippen LogP contribution in [0.2, 0.25) is 0 Å². The molecule has 1 unspecified atom stereocenters. The molecule has 1 fully saturated rings. The number of aliphatic imine (C=N–C) groups is 1. The van der Waals surface area contributed by atoms with E-state index in [1.807, 2.05) is 17.9 Å². The first-order valence-electron chi connectivity index (χ1n) is 9.59. The molecule has 1 aromatic heterocycles. The van der Waals surface area contributed by atoms with Crippen molar-refractivity contribution in [2.75, 3.05) is 26.2 Å². The van der Waals surface area contributed by atoms with E-state index >= 15 is 0 Å². The normalized spacial score (nSPS) is 18.6. The fourth-order valence-corrected chi connectivity index (χ4v) is 3.38. The Bertz CT molecular complexity index is 506. The van der Waals surface area contributed by atoms with Gasteiger partial charge in [-0.2, -0.15) is 5.10 Å². The number of unbranched alkanes of at least 4 members (excludes halogenated alkanes) is 1. The summed E-state index contributed by atoms with van der Waals surface area (Å²) >= 11 is 0. The van der Waals surface area contributed by atoms with Crippen molar-refractivity contribution in [1.82, 2.24) is 20.0 Å². The largest absolute Gasteiger partial charge is 0.357 e. The van der Waals surface area contributed by atoms with Crippen LogP contribution in [0.4, 0.5) is 0 Å². The summed E-state index contributed by atoms with van der Waals surface area (Å²) in [6.45, 7) is 10.8. The smallest absolute Gasteiger partial charge is 0.193 e. The van der Waals surface area contributed by atoms with E-state index in [0.717, 1.165) is 44.5 Å². The molecule has 5 nitrogen and oxygen atoms in total. The lowest BCUT2D eigenvalue weighted by Crippen LogP contribution is -2.40. The summed E-state index contributed by atoms with van der Waals surface area (Å²) in [5, 5.41) is 7.75. The van der Waals surface area contributed by atoms with E-state index in [1.165, 1.54) is 31.2 Å². The molecule has 1 saturated heterocycles. The Morgan fingerprint density at radius 2 is 2.25 bits per heavy atom. The van der Waals surface area contributed by atoms with Crippen LogP contribution in [0.15, 0.2) is 17.4 Å². The molecule has 0 spiro atoms. The third-order valence-electron chi connectivity index (χ3n) is 4.65. The summed E-state index contributed by atoms with van der Waals surface area (Å²) in [5.41, 5.74) is 1.35. The third-order valence-corrected chi connectivity index (χ3v) is 4.65. The number of guanidine groups is 1. The highest BCUT2D eigenvalue weighted by Gasteiger charge is 2.25. The molecule has 0 aromatic carbocycles. The molecule has 0 amide bonds. The van der Waals surface area contributed by atoms with Crippen molar-refractivity contribution in [3.8, 4) is 0 Å². The van der Waals surface area contributed by atoms with Crippen molar-refractivity contribution >= 4 is 5.96 Å². The second kappa shape index (κ2) is 9.70. The Hall–Kier alpha value is -1.52. The van der Waals surface area contributed by atoms with Gasteiger partial charge in [0, 0.05) is 39.4 Å². The molecular weight excluding hydrogens is 298 g/mol. The number of likely N-dealkylation sites (tertiary alicyclic amines) is 1. The first-order valence-corrected chi connectivity index (χ1v) is 9.59. The molecule has 2 heterocycles. The summed E-state index contributed by atoms with van der Waals surface area (Å²) in [7, 11) is 1.99. The van der Waals surface area contributed by atoms with Gasteiger partial charge in [0.15, 0.2) is 5.96 Å². The van der Waals surface area contributed by atoms with Gasteiger partial charge >= 0.3 is 0 Å². The minimum atomic E-state index is 0.707. The standard InChI is InChI=1S/C19H35N5/c1-5-20-19(21-10-7-6-8-16(2)3)24-11-9-17(15-24)12-18-13-22-23(4)14-18/h13-14,16-17H,5-12,15H2,1-4H3,(H,20,21). The van der Waals surface area contributed by atoms with Gasteiger partial charge in [-0.25, -0.2) is 0 Å². The lowest BCUT2D eigenvalue weighted by atomic mass is 10.0. The van der Waals surface area contributed by atoms with E-state index in [4.69, 9.17) is 4.99 Å². The molecule has 0 radical (unpaired) electrons. The summed E-state index contributed by atoms with van der Waals surface area (Å²) in [4.78, 5) is 7.29. The maximum atomic E-state index is 4.85. The van der Waals surface area contributed by atoms with Crippen LogP contribution in [0, 0.1) is 11.8 Å². The lowest BCUT2D eigenvalue weighted by molar-refractivity contribution is 0.458. The van der Waals surface area contributed by atoms with E-state index in [1.54, 1.807) is 0 Å². The second-order valence-electron chi connectivity index (χ2n) is 7.45. The van der Waals surface area contributed by atoms with Gasteiger partial charge in [0.2, 0.25) is 0 Å². The maximum Gasteiger partial charge on any atom is 0.193 e. The second-order valence-corrected chi connectivity index (χ2v) is 7.45. The van der Waals surface area contributed by atoms with Gasteiger partial charge in [0.25, 0.3) is 0 Å². The van der Waals surface area contributed by atoms with Crippen molar-refractivity contribution in [2.45, 2.75) is 52.9 Å². The molecule has 1 aromatic rings. The third kappa shape index (κ3) is 6.17. The van der Waals surface area contributed by atoms with Crippen LogP contribution in [0.1, 0.15) is 52.0 Å². The molecule has 1 N–H and O–H groups in total. The molecule has 136 valence electrons. The molecule has 1 atom stereocenters. The van der Waals surface area contributed by atoms with Crippen molar-refractivity contribution in [2.24, 2.45) is 23.9 Å². The summed E-state index contributed by atoms with van der Waals surface area (Å²) in [6, 6.07) is 0. The first-order chi connectivity index (χ1) is 11.6.